The molecule has 2 N–H and O–H groups in total. The Morgan fingerprint density at radius 2 is 1.87 bits per heavy atom. The lowest BCUT2D eigenvalue weighted by atomic mass is 10.1. The fourth-order valence-electron chi connectivity index (χ4n) is 3.05. The van der Waals surface area contributed by atoms with Crippen molar-refractivity contribution in [3.8, 4) is 6.07 Å². The van der Waals surface area contributed by atoms with E-state index in [1.807, 2.05) is 6.07 Å². The van der Waals surface area contributed by atoms with E-state index in [0.29, 0.717) is 18.4 Å². The van der Waals surface area contributed by atoms with Crippen molar-refractivity contribution in [3.05, 3.63) is 60.1 Å². The van der Waals surface area contributed by atoms with Crippen molar-refractivity contribution in [2.24, 2.45) is 0 Å². The van der Waals surface area contributed by atoms with Crippen LogP contribution in [-0.2, 0) is 20.4 Å². The Balaban J connectivity index is 1.85. The van der Waals surface area contributed by atoms with Crippen LogP contribution in [0.4, 0.5) is 13.2 Å². The molecule has 1 heterocycles. The van der Waals surface area contributed by atoms with Gasteiger partial charge in [0.2, 0.25) is 5.91 Å². The van der Waals surface area contributed by atoms with Crippen molar-refractivity contribution in [1.82, 2.24) is 10.6 Å². The number of furan rings is 1. The molecule has 31 heavy (non-hydrogen) atoms. The molecule has 0 spiro atoms. The number of alkyl halides is 3. The zero-order chi connectivity index (χ0) is 22.7. The van der Waals surface area contributed by atoms with Gasteiger partial charge in [-0.25, -0.2) is 8.42 Å². The summed E-state index contributed by atoms with van der Waals surface area (Å²) in [6.45, 7) is 0. The molecular formula is C20H20F3N3O4S. The third-order valence-electron chi connectivity index (χ3n) is 4.82. The van der Waals surface area contributed by atoms with Gasteiger partial charge in [0.15, 0.2) is 15.9 Å². The molecule has 0 radical (unpaired) electrons. The standard InChI is InChI=1S/C20H20F3N3O4S/c21-20(22,23)17(16-7-4-10-30-16)25-15(18(27)26-19(13-24)8-9-19)12-31(28,29)11-14-5-2-1-3-6-14/h1-7,10,15,17,25H,8-9,11-12H2,(H,26,27)/t15-,17-/m0/s1. The molecule has 0 unspecified atom stereocenters. The van der Waals surface area contributed by atoms with E-state index in [2.05, 4.69) is 10.6 Å². The number of nitriles is 1. The predicted octanol–water partition coefficient (Wildman–Crippen LogP) is 2.63. The summed E-state index contributed by atoms with van der Waals surface area (Å²) in [6, 6.07) is 8.18. The molecule has 166 valence electrons. The van der Waals surface area contributed by atoms with Gasteiger partial charge in [-0.2, -0.15) is 18.4 Å². The summed E-state index contributed by atoms with van der Waals surface area (Å²) in [5, 5.41) is 13.7. The molecule has 1 aliphatic rings. The Kier molecular flexibility index (Phi) is 6.43. The van der Waals surface area contributed by atoms with E-state index in [-0.39, 0.29) is 0 Å². The Morgan fingerprint density at radius 1 is 1.19 bits per heavy atom. The van der Waals surface area contributed by atoms with E-state index < -0.39 is 56.8 Å². The Labute approximate surface area is 177 Å². The maximum Gasteiger partial charge on any atom is 0.411 e. The minimum atomic E-state index is -4.86. The first kappa shape index (κ1) is 22.8. The van der Waals surface area contributed by atoms with Gasteiger partial charge in [-0.3, -0.25) is 10.1 Å². The van der Waals surface area contributed by atoms with Gasteiger partial charge < -0.3 is 9.73 Å². The van der Waals surface area contributed by atoms with Gasteiger partial charge >= 0.3 is 6.18 Å². The maximum absolute atomic E-state index is 13.6. The number of benzene rings is 1. The molecule has 1 aliphatic carbocycles. The number of halogens is 3. The van der Waals surface area contributed by atoms with Gasteiger partial charge in [0.05, 0.1) is 23.8 Å². The number of nitrogens with one attached hydrogen (secondary N) is 2. The fraction of sp³-hybridized carbons (Fsp3) is 0.400. The Bertz CT molecular complexity index is 1040. The largest absolute Gasteiger partial charge is 0.467 e. The zero-order valence-electron chi connectivity index (χ0n) is 16.2. The fourth-order valence-corrected chi connectivity index (χ4v) is 4.62. The maximum atomic E-state index is 13.6. The van der Waals surface area contributed by atoms with Crippen LogP contribution >= 0.6 is 0 Å². The van der Waals surface area contributed by atoms with E-state index in [4.69, 9.17) is 4.42 Å². The summed E-state index contributed by atoms with van der Waals surface area (Å²) in [7, 11) is -3.98. The second-order valence-electron chi connectivity index (χ2n) is 7.43. The molecule has 11 heteroatoms. The molecule has 1 aromatic carbocycles. The van der Waals surface area contributed by atoms with Crippen LogP contribution in [0, 0.1) is 11.3 Å². The lowest BCUT2D eigenvalue weighted by molar-refractivity contribution is -0.164. The van der Waals surface area contributed by atoms with Gasteiger partial charge in [0, 0.05) is 0 Å². The lowest BCUT2D eigenvalue weighted by Crippen LogP contribution is -2.54. The highest BCUT2D eigenvalue weighted by atomic mass is 32.2. The summed E-state index contributed by atoms with van der Waals surface area (Å²) >= 11 is 0. The number of hydrogen-bond acceptors (Lipinski definition) is 6. The lowest BCUT2D eigenvalue weighted by Gasteiger charge is -2.26. The van der Waals surface area contributed by atoms with Crippen LogP contribution in [0.2, 0.25) is 0 Å². The molecule has 1 fully saturated rings. The normalized spacial score (nSPS) is 17.4. The molecule has 0 aliphatic heterocycles. The molecule has 0 saturated heterocycles. The topological polar surface area (TPSA) is 112 Å². The average molecular weight is 455 g/mol. The van der Waals surface area contributed by atoms with Gasteiger partial charge in [0.25, 0.3) is 0 Å². The highest BCUT2D eigenvalue weighted by molar-refractivity contribution is 7.90. The number of carbonyl (C=O) groups is 1. The summed E-state index contributed by atoms with van der Waals surface area (Å²) in [4.78, 5) is 12.7. The van der Waals surface area contributed by atoms with E-state index in [9.17, 15) is 31.6 Å². The molecule has 1 aromatic heterocycles. The van der Waals surface area contributed by atoms with E-state index >= 15 is 0 Å². The minimum Gasteiger partial charge on any atom is -0.467 e. The van der Waals surface area contributed by atoms with Crippen molar-refractivity contribution in [2.75, 3.05) is 5.75 Å². The van der Waals surface area contributed by atoms with Crippen molar-refractivity contribution in [3.63, 3.8) is 0 Å². The molecule has 7 nitrogen and oxygen atoms in total. The Morgan fingerprint density at radius 3 is 2.39 bits per heavy atom. The zero-order valence-corrected chi connectivity index (χ0v) is 17.0. The second-order valence-corrected chi connectivity index (χ2v) is 9.54. The molecule has 1 saturated carbocycles. The first-order valence-electron chi connectivity index (χ1n) is 9.37. The third kappa shape index (κ3) is 6.08. The van der Waals surface area contributed by atoms with E-state index in [0.717, 1.165) is 12.3 Å². The molecule has 1 amide bonds. The van der Waals surface area contributed by atoms with Crippen LogP contribution in [0.1, 0.15) is 30.2 Å². The van der Waals surface area contributed by atoms with Crippen molar-refractivity contribution >= 4 is 15.7 Å². The van der Waals surface area contributed by atoms with Crippen molar-refractivity contribution in [2.45, 2.75) is 42.4 Å². The smallest absolute Gasteiger partial charge is 0.411 e. The quantitative estimate of drug-likeness (QED) is 0.601. The van der Waals surface area contributed by atoms with Gasteiger partial charge in [-0.15, -0.1) is 0 Å². The van der Waals surface area contributed by atoms with Crippen molar-refractivity contribution < 1.29 is 30.8 Å². The number of rotatable bonds is 9. The van der Waals surface area contributed by atoms with E-state index in [1.165, 1.54) is 6.07 Å². The molecule has 2 atom stereocenters. The molecule has 0 bridgehead atoms. The second kappa shape index (κ2) is 8.72. The molecular weight excluding hydrogens is 435 g/mol. The van der Waals surface area contributed by atoms with Crippen LogP contribution in [0.25, 0.3) is 0 Å². The van der Waals surface area contributed by atoms with Gasteiger partial charge in [-0.05, 0) is 30.5 Å². The molecule has 3 rings (SSSR count). The van der Waals surface area contributed by atoms with Crippen LogP contribution < -0.4 is 10.6 Å². The highest BCUT2D eigenvalue weighted by Gasteiger charge is 2.48. The first-order valence-corrected chi connectivity index (χ1v) is 11.2. The monoisotopic (exact) mass is 455 g/mol. The van der Waals surface area contributed by atoms with Crippen LogP contribution in [0.3, 0.4) is 0 Å². The summed E-state index contributed by atoms with van der Waals surface area (Å²) in [5.41, 5.74) is -0.728. The SMILES string of the molecule is N#CC1(NC(=O)[C@H](CS(=O)(=O)Cc2ccccc2)N[C@@H](c2ccco2)C(F)(F)F)CC1. The van der Waals surface area contributed by atoms with Gasteiger partial charge in [-0.1, -0.05) is 30.3 Å². The average Bonchev–Trinajstić information content (AvgIpc) is 3.25. The number of nitrogens with zero attached hydrogens (tertiary/aromatic N) is 1. The summed E-state index contributed by atoms with van der Waals surface area (Å²) < 4.78 is 71.2. The first-order chi connectivity index (χ1) is 14.5. The Hall–Kier alpha value is -2.84. The minimum absolute atomic E-state index is 0.347. The summed E-state index contributed by atoms with van der Waals surface area (Å²) in [5.74, 6) is -2.83. The summed E-state index contributed by atoms with van der Waals surface area (Å²) in [6.07, 6.45) is -3.11. The molecule has 2 aromatic rings. The number of sulfone groups is 1. The number of carbonyl (C=O) groups excluding carboxylic acids is 1. The van der Waals surface area contributed by atoms with Gasteiger partial charge in [0.1, 0.15) is 17.3 Å². The van der Waals surface area contributed by atoms with Crippen LogP contribution in [0.5, 0.6) is 0 Å². The number of hydrogen-bond donors (Lipinski definition) is 2. The highest BCUT2D eigenvalue weighted by Crippen LogP contribution is 2.35. The van der Waals surface area contributed by atoms with Crippen LogP contribution in [0.15, 0.2) is 53.1 Å². The number of amides is 1. The predicted molar refractivity (Wildman–Crippen MR) is 104 cm³/mol. The van der Waals surface area contributed by atoms with Crippen LogP contribution in [-0.4, -0.2) is 37.8 Å². The van der Waals surface area contributed by atoms with E-state index in [1.54, 1.807) is 30.3 Å². The third-order valence-corrected chi connectivity index (χ3v) is 6.43. The van der Waals surface area contributed by atoms with Crippen molar-refractivity contribution in [1.29, 1.82) is 5.26 Å².